The van der Waals surface area contributed by atoms with Crippen LogP contribution in [0, 0.1) is 0 Å². The molecular weight excluding hydrogens is 208 g/mol. The summed E-state index contributed by atoms with van der Waals surface area (Å²) in [6.45, 7) is 4.54. The molecule has 0 saturated heterocycles. The van der Waals surface area contributed by atoms with Crippen LogP contribution >= 0.6 is 0 Å². The number of anilines is 1. The van der Waals surface area contributed by atoms with Crippen LogP contribution in [0.4, 0.5) is 5.69 Å². The molecule has 1 N–H and O–H groups in total. The Morgan fingerprint density at radius 3 is 3.12 bits per heavy atom. The first kappa shape index (κ1) is 10.8. The first-order chi connectivity index (χ1) is 8.43. The van der Waals surface area contributed by atoms with Gasteiger partial charge in [-0.1, -0.05) is 24.3 Å². The minimum atomic E-state index is 1.11. The second kappa shape index (κ2) is 4.92. The molecule has 0 fully saturated rings. The van der Waals surface area contributed by atoms with Crippen molar-refractivity contribution >= 4 is 5.69 Å². The van der Waals surface area contributed by atoms with E-state index < -0.39 is 0 Å². The minimum absolute atomic E-state index is 1.11. The average molecular weight is 228 g/mol. The van der Waals surface area contributed by atoms with E-state index in [0.29, 0.717) is 0 Å². The van der Waals surface area contributed by atoms with Crippen LogP contribution in [0.5, 0.6) is 0 Å². The van der Waals surface area contributed by atoms with Crippen LogP contribution in [0.1, 0.15) is 24.0 Å². The van der Waals surface area contributed by atoms with E-state index >= 15 is 0 Å². The zero-order valence-corrected chi connectivity index (χ0v) is 10.3. The van der Waals surface area contributed by atoms with Gasteiger partial charge in [-0.3, -0.25) is 4.90 Å². The lowest BCUT2D eigenvalue weighted by molar-refractivity contribution is 0.290. The Morgan fingerprint density at radius 2 is 2.24 bits per heavy atom. The van der Waals surface area contributed by atoms with Crippen LogP contribution < -0.4 is 5.32 Å². The fraction of sp³-hybridized carbons (Fsp3) is 0.467. The Balaban J connectivity index is 1.80. The van der Waals surface area contributed by atoms with E-state index in [2.05, 4.69) is 40.6 Å². The van der Waals surface area contributed by atoms with Gasteiger partial charge in [0.1, 0.15) is 0 Å². The largest absolute Gasteiger partial charge is 0.385 e. The summed E-state index contributed by atoms with van der Waals surface area (Å²) < 4.78 is 0. The molecule has 2 heteroatoms. The van der Waals surface area contributed by atoms with Crippen molar-refractivity contribution in [2.24, 2.45) is 0 Å². The third-order valence-electron chi connectivity index (χ3n) is 3.73. The van der Waals surface area contributed by atoms with Gasteiger partial charge in [-0.15, -0.1) is 0 Å². The molecule has 0 saturated carbocycles. The molecule has 2 aliphatic rings. The van der Waals surface area contributed by atoms with E-state index in [0.717, 1.165) is 19.6 Å². The maximum absolute atomic E-state index is 3.51. The lowest BCUT2D eigenvalue weighted by Crippen LogP contribution is -2.27. The number of fused-ring (bicyclic) bond motifs is 1. The predicted octanol–water partition coefficient (Wildman–Crippen LogP) is 2.81. The van der Waals surface area contributed by atoms with Gasteiger partial charge in [0.15, 0.2) is 0 Å². The first-order valence-electron chi connectivity index (χ1n) is 6.65. The van der Waals surface area contributed by atoms with Crippen LogP contribution in [0.2, 0.25) is 0 Å². The van der Waals surface area contributed by atoms with E-state index in [1.165, 1.54) is 37.1 Å². The van der Waals surface area contributed by atoms with E-state index in [-0.39, 0.29) is 0 Å². The van der Waals surface area contributed by atoms with Gasteiger partial charge in [-0.25, -0.2) is 0 Å². The van der Waals surface area contributed by atoms with Gasteiger partial charge >= 0.3 is 0 Å². The van der Waals surface area contributed by atoms with Crippen molar-refractivity contribution in [3.05, 3.63) is 41.5 Å². The van der Waals surface area contributed by atoms with Crippen molar-refractivity contribution in [2.75, 3.05) is 25.0 Å². The molecule has 2 nitrogen and oxygen atoms in total. The third kappa shape index (κ3) is 2.37. The second-order valence-electron chi connectivity index (χ2n) is 4.97. The highest BCUT2D eigenvalue weighted by molar-refractivity contribution is 5.56. The van der Waals surface area contributed by atoms with Crippen molar-refractivity contribution in [1.29, 1.82) is 0 Å². The number of nitrogens with zero attached hydrogens (tertiary/aromatic N) is 1. The zero-order chi connectivity index (χ0) is 11.5. The van der Waals surface area contributed by atoms with Crippen LogP contribution in [0.3, 0.4) is 0 Å². The molecule has 1 aromatic carbocycles. The minimum Gasteiger partial charge on any atom is -0.385 e. The highest BCUT2D eigenvalue weighted by Crippen LogP contribution is 2.26. The first-order valence-corrected chi connectivity index (χ1v) is 6.65. The fourth-order valence-electron chi connectivity index (χ4n) is 2.81. The molecule has 0 unspecified atom stereocenters. The van der Waals surface area contributed by atoms with E-state index in [9.17, 15) is 0 Å². The number of hydrogen-bond acceptors (Lipinski definition) is 2. The number of hydrogen-bond donors (Lipinski definition) is 1. The third-order valence-corrected chi connectivity index (χ3v) is 3.73. The molecule has 0 spiro atoms. The Hall–Kier alpha value is -1.28. The van der Waals surface area contributed by atoms with Gasteiger partial charge < -0.3 is 5.32 Å². The molecule has 0 bridgehead atoms. The van der Waals surface area contributed by atoms with Gasteiger partial charge in [-0.2, -0.15) is 0 Å². The summed E-state index contributed by atoms with van der Waals surface area (Å²) in [5.41, 5.74) is 4.43. The van der Waals surface area contributed by atoms with E-state index in [4.69, 9.17) is 0 Å². The fourth-order valence-corrected chi connectivity index (χ4v) is 2.81. The normalized spacial score (nSPS) is 19.8. The lowest BCUT2D eigenvalue weighted by atomic mass is 9.97. The summed E-state index contributed by atoms with van der Waals surface area (Å²) in [6.07, 6.45) is 8.29. The molecule has 2 aliphatic heterocycles. The van der Waals surface area contributed by atoms with Crippen molar-refractivity contribution in [2.45, 2.75) is 25.8 Å². The summed E-state index contributed by atoms with van der Waals surface area (Å²) in [6, 6.07) is 6.70. The van der Waals surface area contributed by atoms with Crippen molar-refractivity contribution in [3.8, 4) is 0 Å². The molecule has 17 heavy (non-hydrogen) atoms. The highest BCUT2D eigenvalue weighted by atomic mass is 15.1. The molecule has 0 amide bonds. The maximum Gasteiger partial charge on any atom is 0.0375 e. The summed E-state index contributed by atoms with van der Waals surface area (Å²) in [4.78, 5) is 2.53. The summed E-state index contributed by atoms with van der Waals surface area (Å²) in [5.74, 6) is 0. The highest BCUT2D eigenvalue weighted by Gasteiger charge is 2.14. The molecule has 0 aromatic heterocycles. The van der Waals surface area contributed by atoms with Crippen molar-refractivity contribution in [1.82, 2.24) is 4.90 Å². The maximum atomic E-state index is 3.51. The standard InChI is InChI=1S/C15H20N2/c1-2-10-17(11-3-1)12-13-6-4-8-15-14(13)7-5-9-16-15/h1-2,4,6,8,16H,3,5,7,9-12H2. The topological polar surface area (TPSA) is 15.3 Å². The van der Waals surface area contributed by atoms with Crippen LogP contribution in [0.25, 0.3) is 0 Å². The average Bonchev–Trinajstić information content (AvgIpc) is 2.40. The van der Waals surface area contributed by atoms with Gasteiger partial charge in [-0.05, 0) is 36.5 Å². The monoisotopic (exact) mass is 228 g/mol. The zero-order valence-electron chi connectivity index (χ0n) is 10.3. The lowest BCUT2D eigenvalue weighted by Gasteiger charge is -2.26. The van der Waals surface area contributed by atoms with Crippen molar-refractivity contribution < 1.29 is 0 Å². The summed E-state index contributed by atoms with van der Waals surface area (Å²) in [5, 5.41) is 3.51. The summed E-state index contributed by atoms with van der Waals surface area (Å²) >= 11 is 0. The molecule has 3 rings (SSSR count). The SMILES string of the molecule is C1=CCN(Cc2cccc3c2CCCN3)CC1. The molecular formula is C15H20N2. The predicted molar refractivity (Wildman–Crippen MR) is 72.3 cm³/mol. The molecule has 1 aromatic rings. The van der Waals surface area contributed by atoms with Crippen molar-refractivity contribution in [3.63, 3.8) is 0 Å². The Labute approximate surface area is 103 Å². The molecule has 0 atom stereocenters. The number of rotatable bonds is 2. The molecule has 2 heterocycles. The molecule has 0 radical (unpaired) electrons. The van der Waals surface area contributed by atoms with E-state index in [1.54, 1.807) is 5.56 Å². The van der Waals surface area contributed by atoms with Gasteiger partial charge in [0.05, 0.1) is 0 Å². The number of benzene rings is 1. The molecule has 90 valence electrons. The second-order valence-corrected chi connectivity index (χ2v) is 4.97. The number of nitrogens with one attached hydrogen (secondary N) is 1. The Bertz CT molecular complexity index is 423. The Morgan fingerprint density at radius 1 is 1.24 bits per heavy atom. The quantitative estimate of drug-likeness (QED) is 0.783. The van der Waals surface area contributed by atoms with Crippen LogP contribution in [-0.4, -0.2) is 24.5 Å². The Kier molecular flexibility index (Phi) is 3.14. The van der Waals surface area contributed by atoms with Crippen LogP contribution in [0.15, 0.2) is 30.4 Å². The van der Waals surface area contributed by atoms with E-state index in [1.807, 2.05) is 0 Å². The van der Waals surface area contributed by atoms with Gasteiger partial charge in [0, 0.05) is 31.9 Å². The van der Waals surface area contributed by atoms with Crippen LogP contribution in [-0.2, 0) is 13.0 Å². The summed E-state index contributed by atoms with van der Waals surface area (Å²) in [7, 11) is 0. The van der Waals surface area contributed by atoms with Gasteiger partial charge in [0.25, 0.3) is 0 Å². The molecule has 0 aliphatic carbocycles. The van der Waals surface area contributed by atoms with Gasteiger partial charge in [0.2, 0.25) is 0 Å². The smallest absolute Gasteiger partial charge is 0.0375 e.